The molecule has 1 atom stereocenters. The third kappa shape index (κ3) is 3.27. The van der Waals surface area contributed by atoms with Crippen molar-refractivity contribution in [2.45, 2.75) is 26.8 Å². The molecule has 160 valence electrons. The van der Waals surface area contributed by atoms with E-state index in [1.54, 1.807) is 10.9 Å². The highest BCUT2D eigenvalue weighted by atomic mass is 19.1. The van der Waals surface area contributed by atoms with E-state index in [2.05, 4.69) is 25.3 Å². The van der Waals surface area contributed by atoms with Crippen LogP contribution in [0.15, 0.2) is 53.8 Å². The van der Waals surface area contributed by atoms with Crippen molar-refractivity contribution >= 4 is 27.9 Å². The number of fused-ring (bicyclic) bond motifs is 2. The van der Waals surface area contributed by atoms with Crippen molar-refractivity contribution in [3.63, 3.8) is 0 Å². The van der Waals surface area contributed by atoms with E-state index in [0.717, 1.165) is 11.1 Å². The molecule has 2 aromatic carbocycles. The Labute approximate surface area is 182 Å². The number of nitrogens with zero attached hydrogens (tertiary/aromatic N) is 5. The van der Waals surface area contributed by atoms with Gasteiger partial charge in [-0.3, -0.25) is 9.36 Å². The normalized spacial score (nSPS) is 12.4. The zero-order chi connectivity index (χ0) is 22.4. The molecule has 0 saturated carbocycles. The van der Waals surface area contributed by atoms with E-state index in [9.17, 15) is 9.18 Å². The largest absolute Gasteiger partial charge is 0.358 e. The van der Waals surface area contributed by atoms with Crippen LogP contribution < -0.4 is 10.9 Å². The van der Waals surface area contributed by atoms with Gasteiger partial charge in [-0.2, -0.15) is 0 Å². The number of nitrogens with one attached hydrogen (secondary N) is 2. The van der Waals surface area contributed by atoms with Crippen molar-refractivity contribution in [3.05, 3.63) is 82.2 Å². The van der Waals surface area contributed by atoms with Crippen molar-refractivity contribution in [1.82, 2.24) is 29.5 Å². The summed E-state index contributed by atoms with van der Waals surface area (Å²) in [5, 5.41) is 3.54. The lowest BCUT2D eigenvalue weighted by Gasteiger charge is -2.21. The van der Waals surface area contributed by atoms with Gasteiger partial charge >= 0.3 is 0 Å². The molecule has 3 heterocycles. The predicted octanol–water partition coefficient (Wildman–Crippen LogP) is 3.98. The molecule has 32 heavy (non-hydrogen) atoms. The Kier molecular flexibility index (Phi) is 4.66. The topological polar surface area (TPSA) is 101 Å². The molecule has 0 amide bonds. The third-order valence-corrected chi connectivity index (χ3v) is 5.43. The van der Waals surface area contributed by atoms with Crippen LogP contribution in [0, 0.1) is 19.7 Å². The van der Waals surface area contributed by atoms with Crippen LogP contribution in [0.5, 0.6) is 0 Å². The lowest BCUT2D eigenvalue weighted by molar-refractivity contribution is 0.629. The molecule has 0 bridgehead atoms. The lowest BCUT2D eigenvalue weighted by atomic mass is 10.1. The number of H-pyrrole nitrogens is 1. The van der Waals surface area contributed by atoms with Gasteiger partial charge in [0.1, 0.15) is 23.5 Å². The van der Waals surface area contributed by atoms with Crippen molar-refractivity contribution in [2.75, 3.05) is 5.32 Å². The highest BCUT2D eigenvalue weighted by Gasteiger charge is 2.21. The molecule has 1 unspecified atom stereocenters. The average molecular weight is 429 g/mol. The second-order valence-electron chi connectivity index (χ2n) is 7.75. The van der Waals surface area contributed by atoms with E-state index < -0.39 is 11.9 Å². The minimum Gasteiger partial charge on any atom is -0.358 e. The van der Waals surface area contributed by atoms with Crippen LogP contribution in [0.4, 0.5) is 10.2 Å². The maximum atomic E-state index is 13.9. The molecule has 9 heteroatoms. The van der Waals surface area contributed by atoms with Gasteiger partial charge in [-0.25, -0.2) is 24.3 Å². The SMILES string of the molecule is Cc1ccc(C)c(-n2c(C(C)Nc3ncnc4nc[nH]c34)nc3ccc(F)cc3c2=O)c1. The van der Waals surface area contributed by atoms with E-state index >= 15 is 0 Å². The molecular weight excluding hydrogens is 409 g/mol. The van der Waals surface area contributed by atoms with E-state index in [4.69, 9.17) is 4.98 Å². The standard InChI is InChI=1S/C23H20FN7O/c1-12-4-5-13(2)18(8-12)31-22(30-17-7-6-15(24)9-16(17)23(31)32)14(3)29-21-19-20(26-10-25-19)27-11-28-21/h4-11,14H,1-3H3,(H2,25,26,27,28,29). The molecule has 0 fully saturated rings. The quantitative estimate of drug-likeness (QED) is 0.448. The van der Waals surface area contributed by atoms with E-state index in [0.29, 0.717) is 34.0 Å². The number of aromatic amines is 1. The summed E-state index contributed by atoms with van der Waals surface area (Å²) in [6.07, 6.45) is 2.97. The number of anilines is 1. The number of hydrogen-bond acceptors (Lipinski definition) is 6. The Morgan fingerprint density at radius 2 is 1.94 bits per heavy atom. The first-order chi connectivity index (χ1) is 15.4. The lowest BCUT2D eigenvalue weighted by Crippen LogP contribution is -2.28. The number of rotatable bonds is 4. The fourth-order valence-corrected chi connectivity index (χ4v) is 3.80. The van der Waals surface area contributed by atoms with Crippen molar-refractivity contribution in [2.24, 2.45) is 0 Å². The number of benzene rings is 2. The number of aromatic nitrogens is 6. The average Bonchev–Trinajstić information content (AvgIpc) is 3.26. The zero-order valence-electron chi connectivity index (χ0n) is 17.7. The molecule has 0 spiro atoms. The maximum Gasteiger partial charge on any atom is 0.266 e. The number of imidazole rings is 1. The highest BCUT2D eigenvalue weighted by Crippen LogP contribution is 2.25. The predicted molar refractivity (Wildman–Crippen MR) is 120 cm³/mol. The van der Waals surface area contributed by atoms with Gasteiger partial charge in [-0.1, -0.05) is 12.1 Å². The Hall–Kier alpha value is -4.14. The maximum absolute atomic E-state index is 13.9. The number of hydrogen-bond donors (Lipinski definition) is 2. The Bertz CT molecular complexity index is 1540. The minimum absolute atomic E-state index is 0.222. The molecule has 0 aliphatic rings. The second kappa shape index (κ2) is 7.52. The van der Waals surface area contributed by atoms with Crippen molar-refractivity contribution in [1.29, 1.82) is 0 Å². The van der Waals surface area contributed by atoms with Gasteiger partial charge in [0.25, 0.3) is 5.56 Å². The van der Waals surface area contributed by atoms with Crippen LogP contribution in [0.2, 0.25) is 0 Å². The molecule has 0 saturated heterocycles. The van der Waals surface area contributed by atoms with Crippen molar-refractivity contribution < 1.29 is 4.39 Å². The van der Waals surface area contributed by atoms with Crippen LogP contribution in [-0.2, 0) is 0 Å². The third-order valence-electron chi connectivity index (χ3n) is 5.43. The summed E-state index contributed by atoms with van der Waals surface area (Å²) >= 11 is 0. The molecule has 2 N–H and O–H groups in total. The summed E-state index contributed by atoms with van der Waals surface area (Å²) in [7, 11) is 0. The van der Waals surface area contributed by atoms with Gasteiger partial charge in [0.05, 0.1) is 29.0 Å². The fourth-order valence-electron chi connectivity index (χ4n) is 3.80. The molecule has 5 aromatic rings. The second-order valence-corrected chi connectivity index (χ2v) is 7.75. The molecule has 0 aliphatic heterocycles. The smallest absolute Gasteiger partial charge is 0.266 e. The summed E-state index contributed by atoms with van der Waals surface area (Å²) in [4.78, 5) is 34.0. The minimum atomic E-state index is -0.481. The highest BCUT2D eigenvalue weighted by molar-refractivity contribution is 5.82. The molecule has 8 nitrogen and oxygen atoms in total. The van der Waals surface area contributed by atoms with Gasteiger partial charge in [-0.05, 0) is 56.2 Å². The molecular formula is C23H20FN7O. The fraction of sp³-hybridized carbons (Fsp3) is 0.174. The Morgan fingerprint density at radius 1 is 1.09 bits per heavy atom. The molecule has 5 rings (SSSR count). The van der Waals surface area contributed by atoms with Gasteiger partial charge in [-0.15, -0.1) is 0 Å². The first kappa shape index (κ1) is 19.8. The van der Waals surface area contributed by atoms with Crippen LogP contribution in [0.25, 0.3) is 27.8 Å². The zero-order valence-corrected chi connectivity index (χ0v) is 17.7. The summed E-state index contributed by atoms with van der Waals surface area (Å²) in [5.74, 6) is 0.542. The Morgan fingerprint density at radius 3 is 2.78 bits per heavy atom. The first-order valence-corrected chi connectivity index (χ1v) is 10.1. The van der Waals surface area contributed by atoms with E-state index in [1.807, 2.05) is 39.0 Å². The number of halogens is 1. The Balaban J connectivity index is 1.74. The molecule has 0 aliphatic carbocycles. The van der Waals surface area contributed by atoms with Crippen molar-refractivity contribution in [3.8, 4) is 5.69 Å². The van der Waals surface area contributed by atoms with E-state index in [1.165, 1.54) is 24.5 Å². The van der Waals surface area contributed by atoms with Crippen LogP contribution >= 0.6 is 0 Å². The summed E-state index contributed by atoms with van der Waals surface area (Å²) in [5.41, 5.74) is 3.88. The number of aryl methyl sites for hydroxylation is 2. The van der Waals surface area contributed by atoms with Gasteiger partial charge in [0.15, 0.2) is 11.5 Å². The summed E-state index contributed by atoms with van der Waals surface area (Å²) in [6.45, 7) is 5.78. The monoisotopic (exact) mass is 429 g/mol. The van der Waals surface area contributed by atoms with Gasteiger partial charge < -0.3 is 10.3 Å². The van der Waals surface area contributed by atoms with Crippen LogP contribution in [0.3, 0.4) is 0 Å². The van der Waals surface area contributed by atoms with Crippen LogP contribution in [0.1, 0.15) is 29.9 Å². The van der Waals surface area contributed by atoms with Gasteiger partial charge in [0, 0.05) is 0 Å². The van der Waals surface area contributed by atoms with Crippen LogP contribution in [-0.4, -0.2) is 29.5 Å². The molecule has 0 radical (unpaired) electrons. The van der Waals surface area contributed by atoms with Gasteiger partial charge in [0.2, 0.25) is 0 Å². The molecule has 3 aromatic heterocycles. The summed E-state index contributed by atoms with van der Waals surface area (Å²) < 4.78 is 15.5. The summed E-state index contributed by atoms with van der Waals surface area (Å²) in [6, 6.07) is 9.50. The first-order valence-electron chi connectivity index (χ1n) is 10.1. The van der Waals surface area contributed by atoms with E-state index in [-0.39, 0.29) is 10.9 Å².